The molecule has 6 heteroatoms. The molecule has 1 atom stereocenters. The molecule has 4 aromatic rings. The number of esters is 1. The Kier molecular flexibility index (Phi) is 6.14. The van der Waals surface area contributed by atoms with E-state index in [9.17, 15) is 18.0 Å². The summed E-state index contributed by atoms with van der Waals surface area (Å²) in [6, 6.07) is 20.5. The first kappa shape index (κ1) is 22.9. The third-order valence-corrected chi connectivity index (χ3v) is 6.05. The van der Waals surface area contributed by atoms with Gasteiger partial charge < -0.3 is 9.47 Å². The number of benzene rings is 4. The molecule has 4 aromatic carbocycles. The van der Waals surface area contributed by atoms with Crippen molar-refractivity contribution in [1.29, 1.82) is 0 Å². The molecule has 0 aromatic heterocycles. The fourth-order valence-electron chi connectivity index (χ4n) is 3.93. The van der Waals surface area contributed by atoms with Crippen molar-refractivity contribution in [2.75, 3.05) is 6.61 Å². The van der Waals surface area contributed by atoms with Crippen molar-refractivity contribution < 1.29 is 27.4 Å². The third kappa shape index (κ3) is 4.70. The number of hydrogen-bond acceptors (Lipinski definition) is 3. The Hall–Kier alpha value is -3.90. The lowest BCUT2D eigenvalue weighted by Gasteiger charge is -2.11. The quantitative estimate of drug-likeness (QED) is 0.167. The summed E-state index contributed by atoms with van der Waals surface area (Å²) < 4.78 is 54.4. The van der Waals surface area contributed by atoms with Crippen molar-refractivity contribution in [3.05, 3.63) is 113 Å². The normalized spacial score (nSPS) is 14.6. The Morgan fingerprint density at radius 1 is 0.857 bits per heavy atom. The van der Waals surface area contributed by atoms with Gasteiger partial charge in [-0.15, -0.1) is 0 Å². The van der Waals surface area contributed by atoms with Crippen molar-refractivity contribution in [3.8, 4) is 28.0 Å². The van der Waals surface area contributed by atoms with Gasteiger partial charge in [-0.05, 0) is 47.4 Å². The lowest BCUT2D eigenvalue weighted by molar-refractivity contribution is 0.0734. The number of carbonyl (C=O) groups excluding carboxylic acids is 1. The predicted molar refractivity (Wildman–Crippen MR) is 127 cm³/mol. The summed E-state index contributed by atoms with van der Waals surface area (Å²) in [6.07, 6.45) is 0.605. The number of epoxide rings is 1. The third-order valence-electron chi connectivity index (χ3n) is 6.05. The number of rotatable bonds is 6. The van der Waals surface area contributed by atoms with Crippen LogP contribution >= 0.6 is 0 Å². The Balaban J connectivity index is 1.33. The maximum Gasteiger partial charge on any atom is 0.343 e. The summed E-state index contributed by atoms with van der Waals surface area (Å²) >= 11 is 0. The van der Waals surface area contributed by atoms with Crippen LogP contribution in [0.5, 0.6) is 5.75 Å². The Morgan fingerprint density at radius 3 is 1.94 bits per heavy atom. The first-order chi connectivity index (χ1) is 16.9. The van der Waals surface area contributed by atoms with Crippen molar-refractivity contribution in [1.82, 2.24) is 0 Å². The molecule has 0 aliphatic carbocycles. The van der Waals surface area contributed by atoms with Gasteiger partial charge in [0.05, 0.1) is 12.2 Å². The average molecular weight is 474 g/mol. The first-order valence-corrected chi connectivity index (χ1v) is 11.3. The number of ether oxygens (including phenoxy) is 2. The smallest absolute Gasteiger partial charge is 0.343 e. The largest absolute Gasteiger partial charge is 0.423 e. The van der Waals surface area contributed by atoms with E-state index >= 15 is 0 Å². The second-order valence-corrected chi connectivity index (χ2v) is 8.31. The van der Waals surface area contributed by atoms with E-state index in [0.717, 1.165) is 18.1 Å². The maximum atomic E-state index is 14.9. The fourth-order valence-corrected chi connectivity index (χ4v) is 3.93. The molecule has 1 aliphatic heterocycles. The Labute approximate surface area is 200 Å². The summed E-state index contributed by atoms with van der Waals surface area (Å²) in [5, 5.41) is 0. The van der Waals surface area contributed by atoms with Crippen LogP contribution < -0.4 is 4.74 Å². The molecule has 0 spiro atoms. The summed E-state index contributed by atoms with van der Waals surface area (Å²) in [7, 11) is 0. The minimum atomic E-state index is -0.956. The molecule has 176 valence electrons. The highest BCUT2D eigenvalue weighted by molar-refractivity contribution is 5.91. The van der Waals surface area contributed by atoms with Crippen LogP contribution in [-0.4, -0.2) is 12.6 Å². The summed E-state index contributed by atoms with van der Waals surface area (Å²) in [5.74, 6) is -2.94. The van der Waals surface area contributed by atoms with Crippen molar-refractivity contribution >= 4 is 5.97 Å². The van der Waals surface area contributed by atoms with Crippen molar-refractivity contribution in [2.45, 2.75) is 19.4 Å². The highest BCUT2D eigenvalue weighted by atomic mass is 19.2. The topological polar surface area (TPSA) is 38.8 Å². The molecular weight excluding hydrogens is 453 g/mol. The van der Waals surface area contributed by atoms with E-state index in [2.05, 4.69) is 0 Å². The minimum Gasteiger partial charge on any atom is -0.423 e. The predicted octanol–water partition coefficient (Wildman–Crippen LogP) is 7.29. The van der Waals surface area contributed by atoms with E-state index in [-0.39, 0.29) is 28.5 Å². The molecule has 0 N–H and O–H groups in total. The molecule has 35 heavy (non-hydrogen) atoms. The lowest BCUT2D eigenvalue weighted by atomic mass is 9.98. The van der Waals surface area contributed by atoms with Crippen molar-refractivity contribution in [3.63, 3.8) is 0 Å². The summed E-state index contributed by atoms with van der Waals surface area (Å²) in [4.78, 5) is 12.4. The molecular formula is C29H21F3O3. The van der Waals surface area contributed by atoms with E-state index in [1.807, 2.05) is 19.1 Å². The van der Waals surface area contributed by atoms with Gasteiger partial charge in [-0.1, -0.05) is 61.5 Å². The van der Waals surface area contributed by atoms with Crippen molar-refractivity contribution in [2.24, 2.45) is 0 Å². The van der Waals surface area contributed by atoms with Crippen LogP contribution in [0.1, 0.15) is 34.5 Å². The Morgan fingerprint density at radius 2 is 1.43 bits per heavy atom. The molecule has 0 amide bonds. The highest BCUT2D eigenvalue weighted by Crippen LogP contribution is 2.33. The Bertz CT molecular complexity index is 1390. The van der Waals surface area contributed by atoms with Crippen LogP contribution in [0.3, 0.4) is 0 Å². The van der Waals surface area contributed by atoms with E-state index < -0.39 is 23.4 Å². The zero-order chi connectivity index (χ0) is 24.5. The maximum absolute atomic E-state index is 14.9. The molecule has 1 aliphatic rings. The molecule has 3 nitrogen and oxygen atoms in total. The van der Waals surface area contributed by atoms with Gasteiger partial charge in [0, 0.05) is 16.7 Å². The van der Waals surface area contributed by atoms with Gasteiger partial charge in [-0.2, -0.15) is 0 Å². The van der Waals surface area contributed by atoms with E-state index in [1.165, 1.54) is 42.5 Å². The summed E-state index contributed by atoms with van der Waals surface area (Å²) in [5.41, 5.74) is 2.88. The first-order valence-electron chi connectivity index (χ1n) is 11.3. The molecule has 1 heterocycles. The molecule has 5 rings (SSSR count). The van der Waals surface area contributed by atoms with Crippen LogP contribution in [0, 0.1) is 17.5 Å². The summed E-state index contributed by atoms with van der Waals surface area (Å²) in [6.45, 7) is 2.49. The number of halogens is 3. The standard InChI is InChI=1S/C29H21F3O3/c1-2-17-3-5-18(6-4-17)22-13-14-23(28(32)27(22)31)19-7-10-21(11-8-19)35-29(33)20-9-12-24(25(30)15-20)26-16-34-26/h3-15,26H,2,16H2,1H3. The number of carbonyl (C=O) groups is 1. The van der Waals surface area contributed by atoms with Crippen LogP contribution in [0.2, 0.25) is 0 Å². The zero-order valence-corrected chi connectivity index (χ0v) is 18.9. The molecule has 0 radical (unpaired) electrons. The molecule has 1 saturated heterocycles. The molecule has 0 bridgehead atoms. The zero-order valence-electron chi connectivity index (χ0n) is 18.9. The van der Waals surface area contributed by atoms with Gasteiger partial charge in [-0.3, -0.25) is 0 Å². The van der Waals surface area contributed by atoms with Crippen LogP contribution in [0.15, 0.2) is 78.9 Å². The number of aryl methyl sites for hydroxylation is 1. The van der Waals surface area contributed by atoms with Gasteiger partial charge in [0.15, 0.2) is 11.6 Å². The van der Waals surface area contributed by atoms with Gasteiger partial charge in [0.2, 0.25) is 0 Å². The minimum absolute atomic E-state index is 0.0617. The monoisotopic (exact) mass is 474 g/mol. The van der Waals surface area contributed by atoms with Crippen LogP contribution in [-0.2, 0) is 11.2 Å². The molecule has 1 fully saturated rings. The van der Waals surface area contributed by atoms with Gasteiger partial charge >= 0.3 is 5.97 Å². The lowest BCUT2D eigenvalue weighted by Crippen LogP contribution is -2.09. The highest BCUT2D eigenvalue weighted by Gasteiger charge is 2.28. The van der Waals surface area contributed by atoms with E-state index in [0.29, 0.717) is 23.3 Å². The van der Waals surface area contributed by atoms with Gasteiger partial charge in [0.1, 0.15) is 17.7 Å². The van der Waals surface area contributed by atoms with E-state index in [4.69, 9.17) is 9.47 Å². The van der Waals surface area contributed by atoms with Gasteiger partial charge in [0.25, 0.3) is 0 Å². The average Bonchev–Trinajstić information content (AvgIpc) is 3.72. The van der Waals surface area contributed by atoms with Gasteiger partial charge in [-0.25, -0.2) is 18.0 Å². The number of hydrogen-bond donors (Lipinski definition) is 0. The molecule has 0 saturated carbocycles. The van der Waals surface area contributed by atoms with E-state index in [1.54, 1.807) is 18.2 Å². The van der Waals surface area contributed by atoms with Crippen LogP contribution in [0.4, 0.5) is 13.2 Å². The van der Waals surface area contributed by atoms with Crippen LogP contribution in [0.25, 0.3) is 22.3 Å². The SMILES string of the molecule is CCc1ccc(-c2ccc(-c3ccc(OC(=O)c4ccc(C5CO5)c(F)c4)cc3)c(F)c2F)cc1. The molecule has 1 unspecified atom stereocenters. The second-order valence-electron chi connectivity index (χ2n) is 8.31. The fraction of sp³-hybridized carbons (Fsp3) is 0.138. The second kappa shape index (κ2) is 9.39.